The molecule has 0 aliphatic heterocycles. The fraction of sp³-hybridized carbons (Fsp3) is 0.304. The van der Waals surface area contributed by atoms with E-state index in [0.29, 0.717) is 16.9 Å². The molecular weight excluding hydrogens is 395 g/mol. The van der Waals surface area contributed by atoms with Gasteiger partial charge >= 0.3 is 6.18 Å². The molecule has 0 aliphatic rings. The van der Waals surface area contributed by atoms with Gasteiger partial charge in [0.25, 0.3) is 0 Å². The van der Waals surface area contributed by atoms with Crippen LogP contribution in [0.4, 0.5) is 13.2 Å². The molecule has 2 aromatic carbocycles. The number of Topliss-reactive ketones (excluding diaryl/α,β-unsaturated/α-hetero) is 1. The van der Waals surface area contributed by atoms with E-state index in [-0.39, 0.29) is 23.7 Å². The van der Waals surface area contributed by atoms with E-state index >= 15 is 0 Å². The van der Waals surface area contributed by atoms with Crippen molar-refractivity contribution in [2.75, 3.05) is 7.11 Å². The molecule has 0 fully saturated rings. The van der Waals surface area contributed by atoms with E-state index in [0.717, 1.165) is 12.1 Å². The summed E-state index contributed by atoms with van der Waals surface area (Å²) in [4.78, 5) is 12.4. The van der Waals surface area contributed by atoms with Gasteiger partial charge in [0.05, 0.1) is 18.2 Å². The second-order valence-electron chi connectivity index (χ2n) is 7.65. The summed E-state index contributed by atoms with van der Waals surface area (Å²) in [6.45, 7) is 5.05. The number of hydrogen-bond acceptors (Lipinski definition) is 4. The summed E-state index contributed by atoms with van der Waals surface area (Å²) in [6, 6.07) is 11.6. The lowest BCUT2D eigenvalue weighted by Gasteiger charge is -2.16. The lowest BCUT2D eigenvalue weighted by atomic mass is 9.86. The van der Waals surface area contributed by atoms with Gasteiger partial charge in [-0.05, 0) is 41.5 Å². The first kappa shape index (κ1) is 23.0. The van der Waals surface area contributed by atoms with E-state index < -0.39 is 17.2 Å². The van der Waals surface area contributed by atoms with Gasteiger partial charge in [-0.15, -0.1) is 0 Å². The van der Waals surface area contributed by atoms with Crippen molar-refractivity contribution in [3.8, 4) is 17.6 Å². The molecule has 0 atom stereocenters. The maximum absolute atomic E-state index is 12.9. The lowest BCUT2D eigenvalue weighted by molar-refractivity contribution is -0.137. The first-order chi connectivity index (χ1) is 14.0. The number of ether oxygens (including phenoxy) is 2. The third-order valence-electron chi connectivity index (χ3n) is 4.19. The van der Waals surface area contributed by atoms with Gasteiger partial charge in [-0.2, -0.15) is 18.4 Å². The van der Waals surface area contributed by atoms with Gasteiger partial charge in [0.2, 0.25) is 0 Å². The van der Waals surface area contributed by atoms with Gasteiger partial charge in [-0.25, -0.2) is 0 Å². The first-order valence-electron chi connectivity index (χ1n) is 9.09. The van der Waals surface area contributed by atoms with Crippen molar-refractivity contribution in [1.29, 1.82) is 5.26 Å². The number of carbonyl (C=O) groups is 1. The second-order valence-corrected chi connectivity index (χ2v) is 7.65. The summed E-state index contributed by atoms with van der Waals surface area (Å²) in [5.74, 6) is 0.358. The summed E-state index contributed by atoms with van der Waals surface area (Å²) in [7, 11) is 1.44. The van der Waals surface area contributed by atoms with E-state index in [9.17, 15) is 23.2 Å². The zero-order valence-corrected chi connectivity index (χ0v) is 17.1. The molecule has 0 heterocycles. The number of benzene rings is 2. The average molecular weight is 417 g/mol. The van der Waals surface area contributed by atoms with Crippen molar-refractivity contribution >= 4 is 11.9 Å². The first-order valence-corrected chi connectivity index (χ1v) is 9.09. The second kappa shape index (κ2) is 9.04. The maximum atomic E-state index is 12.9. The molecule has 158 valence electrons. The number of allylic oxidation sites excluding steroid dienone is 1. The quantitative estimate of drug-likeness (QED) is 0.439. The summed E-state index contributed by atoms with van der Waals surface area (Å²) < 4.78 is 49.6. The molecule has 0 spiro atoms. The van der Waals surface area contributed by atoms with E-state index in [1.165, 1.54) is 25.3 Å². The fourth-order valence-corrected chi connectivity index (χ4v) is 2.61. The third kappa shape index (κ3) is 5.86. The van der Waals surface area contributed by atoms with E-state index in [2.05, 4.69) is 0 Å². The molecule has 30 heavy (non-hydrogen) atoms. The number of rotatable bonds is 6. The monoisotopic (exact) mass is 417 g/mol. The van der Waals surface area contributed by atoms with Crippen LogP contribution in [0.5, 0.6) is 11.5 Å². The Morgan fingerprint density at radius 2 is 1.80 bits per heavy atom. The molecule has 2 aromatic rings. The normalized spacial score (nSPS) is 12.3. The molecule has 0 amide bonds. The van der Waals surface area contributed by atoms with Crippen LogP contribution in [0.3, 0.4) is 0 Å². The van der Waals surface area contributed by atoms with E-state index in [4.69, 9.17) is 9.47 Å². The van der Waals surface area contributed by atoms with Crippen molar-refractivity contribution in [3.05, 3.63) is 64.7 Å². The van der Waals surface area contributed by atoms with Gasteiger partial charge in [0.15, 0.2) is 17.3 Å². The number of alkyl halides is 3. The van der Waals surface area contributed by atoms with Crippen LogP contribution in [0.2, 0.25) is 0 Å². The molecule has 0 saturated heterocycles. The Hall–Kier alpha value is -3.27. The predicted molar refractivity (Wildman–Crippen MR) is 107 cm³/mol. The topological polar surface area (TPSA) is 59.3 Å². The minimum absolute atomic E-state index is 0.00325. The standard InChI is InChI=1S/C23H22F3NO3/c1-22(2,3)21(28)17(13-27)10-15-8-9-19(29-4)20(12-15)30-14-16-6-5-7-18(11-16)23(24,25)26/h5-12H,14H2,1-4H3/b17-10+. The van der Waals surface area contributed by atoms with Crippen LogP contribution in [-0.4, -0.2) is 12.9 Å². The maximum Gasteiger partial charge on any atom is 0.416 e. The molecule has 0 unspecified atom stereocenters. The Bertz CT molecular complexity index is 996. The highest BCUT2D eigenvalue weighted by Crippen LogP contribution is 2.32. The number of carbonyl (C=O) groups excluding carboxylic acids is 1. The number of nitrogens with zero attached hydrogens (tertiary/aromatic N) is 1. The van der Waals surface area contributed by atoms with Crippen molar-refractivity contribution in [3.63, 3.8) is 0 Å². The third-order valence-corrected chi connectivity index (χ3v) is 4.19. The highest BCUT2D eigenvalue weighted by Gasteiger charge is 2.30. The summed E-state index contributed by atoms with van der Waals surface area (Å²) in [6.07, 6.45) is -2.99. The molecule has 0 N–H and O–H groups in total. The van der Waals surface area contributed by atoms with Crippen LogP contribution in [0.25, 0.3) is 6.08 Å². The van der Waals surface area contributed by atoms with Crippen LogP contribution in [-0.2, 0) is 17.6 Å². The highest BCUT2D eigenvalue weighted by atomic mass is 19.4. The molecule has 0 aromatic heterocycles. The van der Waals surface area contributed by atoms with Gasteiger partial charge in [0.1, 0.15) is 12.7 Å². The molecule has 4 nitrogen and oxygen atoms in total. The molecule has 0 bridgehead atoms. The average Bonchev–Trinajstić information content (AvgIpc) is 2.69. The van der Waals surface area contributed by atoms with Crippen molar-refractivity contribution in [2.24, 2.45) is 5.41 Å². The van der Waals surface area contributed by atoms with Gasteiger partial charge in [-0.3, -0.25) is 4.79 Å². The van der Waals surface area contributed by atoms with Gasteiger partial charge in [-0.1, -0.05) is 39.0 Å². The molecular formula is C23H22F3NO3. The van der Waals surface area contributed by atoms with Gasteiger partial charge < -0.3 is 9.47 Å². The van der Waals surface area contributed by atoms with Crippen LogP contribution < -0.4 is 9.47 Å². The minimum Gasteiger partial charge on any atom is -0.493 e. The molecule has 7 heteroatoms. The van der Waals surface area contributed by atoms with E-state index in [1.807, 2.05) is 6.07 Å². The Labute approximate surface area is 173 Å². The summed E-state index contributed by atoms with van der Waals surface area (Å²) in [5, 5.41) is 9.35. The smallest absolute Gasteiger partial charge is 0.416 e. The largest absolute Gasteiger partial charge is 0.493 e. The van der Waals surface area contributed by atoms with Gasteiger partial charge in [0, 0.05) is 5.41 Å². The summed E-state index contributed by atoms with van der Waals surface area (Å²) in [5.41, 5.74) is -0.600. The van der Waals surface area contributed by atoms with Crippen LogP contribution in [0, 0.1) is 16.7 Å². The minimum atomic E-state index is -4.44. The zero-order valence-electron chi connectivity index (χ0n) is 17.1. The molecule has 2 rings (SSSR count). The van der Waals surface area contributed by atoms with Crippen LogP contribution in [0.15, 0.2) is 48.0 Å². The number of halogens is 3. The SMILES string of the molecule is COc1ccc(/C=C(\C#N)C(=O)C(C)(C)C)cc1OCc1cccc(C(F)(F)F)c1. The molecule has 0 radical (unpaired) electrons. The van der Waals surface area contributed by atoms with Crippen molar-refractivity contribution in [1.82, 2.24) is 0 Å². The Kier molecular flexibility index (Phi) is 6.93. The molecule has 0 aliphatic carbocycles. The van der Waals surface area contributed by atoms with Crippen LogP contribution in [0.1, 0.15) is 37.5 Å². The zero-order chi connectivity index (χ0) is 22.5. The molecule has 0 saturated carbocycles. The van der Waals surface area contributed by atoms with Crippen LogP contribution >= 0.6 is 0 Å². The number of methoxy groups -OCH3 is 1. The van der Waals surface area contributed by atoms with Crippen molar-refractivity contribution in [2.45, 2.75) is 33.6 Å². The van der Waals surface area contributed by atoms with Crippen molar-refractivity contribution < 1.29 is 27.4 Å². The predicted octanol–water partition coefficient (Wildman–Crippen LogP) is 5.82. The number of hydrogen-bond donors (Lipinski definition) is 0. The number of ketones is 1. The Morgan fingerprint density at radius 3 is 2.37 bits per heavy atom. The summed E-state index contributed by atoms with van der Waals surface area (Å²) >= 11 is 0. The number of nitriles is 1. The Morgan fingerprint density at radius 1 is 1.10 bits per heavy atom. The highest BCUT2D eigenvalue weighted by molar-refractivity contribution is 6.06. The van der Waals surface area contributed by atoms with E-state index in [1.54, 1.807) is 39.0 Å². The fourth-order valence-electron chi connectivity index (χ4n) is 2.61. The Balaban J connectivity index is 2.30. The lowest BCUT2D eigenvalue weighted by Crippen LogP contribution is -2.21.